The van der Waals surface area contributed by atoms with E-state index in [1.54, 1.807) is 4.90 Å². The molecule has 1 amide bonds. The van der Waals surface area contributed by atoms with Gasteiger partial charge < -0.3 is 14.7 Å². The second-order valence-corrected chi connectivity index (χ2v) is 6.78. The number of benzene rings is 1. The number of hydrogen-bond donors (Lipinski definition) is 1. The van der Waals surface area contributed by atoms with Crippen LogP contribution in [0.25, 0.3) is 0 Å². The second-order valence-electron chi connectivity index (χ2n) is 6.78. The highest BCUT2D eigenvalue weighted by Crippen LogP contribution is 2.33. The van der Waals surface area contributed by atoms with Crippen LogP contribution in [0.5, 0.6) is 5.75 Å². The fourth-order valence-electron chi connectivity index (χ4n) is 3.21. The van der Waals surface area contributed by atoms with Gasteiger partial charge in [-0.25, -0.2) is 4.79 Å². The van der Waals surface area contributed by atoms with E-state index in [4.69, 9.17) is 9.84 Å². The van der Waals surface area contributed by atoms with Crippen LogP contribution in [0.3, 0.4) is 0 Å². The summed E-state index contributed by atoms with van der Waals surface area (Å²) in [6, 6.07) is 3.55. The first kappa shape index (κ1) is 19.7. The van der Waals surface area contributed by atoms with Crippen LogP contribution in [0.2, 0.25) is 0 Å². The molecule has 1 fully saturated rings. The number of nitrogens with zero attached hydrogens (tertiary/aromatic N) is 2. The standard InChI is InChI=1S/C18H24N2O6/c1-3-4-6-16(21)19-10-5-9-18(19,2)12-26-15-8-7-13(17(22)23)11-14(15)20(24)25/h7-8,11H,3-6,9-10,12H2,1-2H3,(H,22,23). The zero-order valence-electron chi connectivity index (χ0n) is 15.1. The SMILES string of the molecule is CCCCC(=O)N1CCCC1(C)COc1ccc(C(=O)O)cc1[N+](=O)[O-]. The summed E-state index contributed by atoms with van der Waals surface area (Å²) < 4.78 is 5.68. The minimum atomic E-state index is -1.24. The fourth-order valence-corrected chi connectivity index (χ4v) is 3.21. The molecule has 0 radical (unpaired) electrons. The smallest absolute Gasteiger partial charge is 0.335 e. The normalized spacial score (nSPS) is 19.4. The molecule has 2 rings (SSSR count). The number of carbonyl (C=O) groups is 2. The second kappa shape index (κ2) is 8.16. The summed E-state index contributed by atoms with van der Waals surface area (Å²) in [4.78, 5) is 35.8. The molecular formula is C18H24N2O6. The molecule has 0 aliphatic carbocycles. The van der Waals surface area contributed by atoms with Gasteiger partial charge in [0.2, 0.25) is 5.91 Å². The summed E-state index contributed by atoms with van der Waals surface area (Å²) in [5, 5.41) is 20.2. The van der Waals surface area contributed by atoms with Gasteiger partial charge in [0.05, 0.1) is 16.0 Å². The molecule has 8 nitrogen and oxygen atoms in total. The molecular weight excluding hydrogens is 340 g/mol. The zero-order chi connectivity index (χ0) is 19.3. The Bertz CT molecular complexity index is 705. The number of aromatic carboxylic acids is 1. The van der Waals surface area contributed by atoms with Crippen LogP contribution in [-0.2, 0) is 4.79 Å². The average Bonchev–Trinajstić information content (AvgIpc) is 2.99. The van der Waals surface area contributed by atoms with E-state index in [0.717, 1.165) is 31.7 Å². The highest BCUT2D eigenvalue weighted by atomic mass is 16.6. The van der Waals surface area contributed by atoms with Crippen molar-refractivity contribution in [3.8, 4) is 5.75 Å². The number of nitro groups is 1. The van der Waals surface area contributed by atoms with Gasteiger partial charge in [-0.05, 0) is 38.3 Å². The summed E-state index contributed by atoms with van der Waals surface area (Å²) in [6.07, 6.45) is 3.87. The van der Waals surface area contributed by atoms with Crippen molar-refractivity contribution < 1.29 is 24.4 Å². The van der Waals surface area contributed by atoms with Crippen molar-refractivity contribution in [2.75, 3.05) is 13.2 Å². The van der Waals surface area contributed by atoms with Crippen LogP contribution in [0, 0.1) is 10.1 Å². The molecule has 1 aliphatic rings. The third-order valence-electron chi connectivity index (χ3n) is 4.74. The molecule has 8 heteroatoms. The number of rotatable bonds is 8. The Kier molecular flexibility index (Phi) is 6.18. The average molecular weight is 364 g/mol. The highest BCUT2D eigenvalue weighted by Gasteiger charge is 2.40. The lowest BCUT2D eigenvalue weighted by molar-refractivity contribution is -0.386. The third-order valence-corrected chi connectivity index (χ3v) is 4.74. The first-order chi connectivity index (χ1) is 12.3. The monoisotopic (exact) mass is 364 g/mol. The number of ether oxygens (including phenoxy) is 1. The molecule has 1 aromatic carbocycles. The van der Waals surface area contributed by atoms with Gasteiger partial charge in [-0.15, -0.1) is 0 Å². The lowest BCUT2D eigenvalue weighted by Gasteiger charge is -2.35. The van der Waals surface area contributed by atoms with Gasteiger partial charge in [-0.3, -0.25) is 14.9 Å². The van der Waals surface area contributed by atoms with E-state index in [9.17, 15) is 19.7 Å². The zero-order valence-corrected chi connectivity index (χ0v) is 15.1. The Hall–Kier alpha value is -2.64. The summed E-state index contributed by atoms with van der Waals surface area (Å²) in [7, 11) is 0. The van der Waals surface area contributed by atoms with Gasteiger partial charge in [-0.1, -0.05) is 13.3 Å². The Balaban J connectivity index is 2.15. The Morgan fingerprint density at radius 2 is 2.15 bits per heavy atom. The van der Waals surface area contributed by atoms with Gasteiger partial charge in [0.15, 0.2) is 5.75 Å². The van der Waals surface area contributed by atoms with E-state index in [1.807, 2.05) is 13.8 Å². The number of likely N-dealkylation sites (tertiary alicyclic amines) is 1. The van der Waals surface area contributed by atoms with Crippen molar-refractivity contribution in [3.63, 3.8) is 0 Å². The van der Waals surface area contributed by atoms with E-state index in [-0.39, 0.29) is 23.8 Å². The van der Waals surface area contributed by atoms with E-state index in [0.29, 0.717) is 13.0 Å². The number of amides is 1. The lowest BCUT2D eigenvalue weighted by atomic mass is 9.99. The third kappa shape index (κ3) is 4.30. The van der Waals surface area contributed by atoms with E-state index >= 15 is 0 Å². The van der Waals surface area contributed by atoms with Gasteiger partial charge in [0, 0.05) is 19.0 Å². The number of carbonyl (C=O) groups excluding carboxylic acids is 1. The summed E-state index contributed by atoms with van der Waals surface area (Å²) in [5.74, 6) is -1.16. The molecule has 1 atom stereocenters. The number of carboxylic acid groups (broad SMARTS) is 1. The molecule has 1 unspecified atom stereocenters. The molecule has 0 spiro atoms. The number of unbranched alkanes of at least 4 members (excludes halogenated alkanes) is 1. The number of nitro benzene ring substituents is 1. The van der Waals surface area contributed by atoms with Gasteiger partial charge in [-0.2, -0.15) is 0 Å². The summed E-state index contributed by atoms with van der Waals surface area (Å²) >= 11 is 0. The molecule has 1 heterocycles. The van der Waals surface area contributed by atoms with Gasteiger partial charge in [0.1, 0.15) is 6.61 Å². The maximum atomic E-state index is 12.4. The Morgan fingerprint density at radius 1 is 1.42 bits per heavy atom. The fraction of sp³-hybridized carbons (Fsp3) is 0.556. The predicted molar refractivity (Wildman–Crippen MR) is 94.4 cm³/mol. The van der Waals surface area contributed by atoms with Crippen LogP contribution < -0.4 is 4.74 Å². The van der Waals surface area contributed by atoms with Crippen molar-refractivity contribution in [3.05, 3.63) is 33.9 Å². The topological polar surface area (TPSA) is 110 Å². The van der Waals surface area contributed by atoms with Gasteiger partial charge >= 0.3 is 11.7 Å². The first-order valence-corrected chi connectivity index (χ1v) is 8.73. The van der Waals surface area contributed by atoms with Gasteiger partial charge in [0.25, 0.3) is 0 Å². The Labute approximate surface area is 151 Å². The van der Waals surface area contributed by atoms with Crippen molar-refractivity contribution in [2.45, 2.75) is 51.5 Å². The highest BCUT2D eigenvalue weighted by molar-refractivity contribution is 5.88. The van der Waals surface area contributed by atoms with Crippen LogP contribution in [0.1, 0.15) is 56.3 Å². The number of carboxylic acids is 1. The predicted octanol–water partition coefficient (Wildman–Crippen LogP) is 3.24. The molecule has 142 valence electrons. The molecule has 0 bridgehead atoms. The van der Waals surface area contributed by atoms with Crippen molar-refractivity contribution in [1.82, 2.24) is 4.90 Å². The minimum absolute atomic E-state index is 0.00841. The first-order valence-electron chi connectivity index (χ1n) is 8.73. The minimum Gasteiger partial charge on any atom is -0.484 e. The van der Waals surface area contributed by atoms with E-state index in [1.165, 1.54) is 12.1 Å². The maximum Gasteiger partial charge on any atom is 0.335 e. The van der Waals surface area contributed by atoms with Crippen molar-refractivity contribution in [1.29, 1.82) is 0 Å². The molecule has 1 aliphatic heterocycles. The quantitative estimate of drug-likeness (QED) is 0.560. The molecule has 1 aromatic rings. The Morgan fingerprint density at radius 3 is 2.77 bits per heavy atom. The molecule has 1 N–H and O–H groups in total. The largest absolute Gasteiger partial charge is 0.484 e. The van der Waals surface area contributed by atoms with Crippen molar-refractivity contribution >= 4 is 17.6 Å². The molecule has 0 saturated carbocycles. The lowest BCUT2D eigenvalue weighted by Crippen LogP contribution is -2.49. The maximum absolute atomic E-state index is 12.4. The van der Waals surface area contributed by atoms with E-state index in [2.05, 4.69) is 0 Å². The van der Waals surface area contributed by atoms with Crippen molar-refractivity contribution in [2.24, 2.45) is 0 Å². The molecule has 0 aromatic heterocycles. The molecule has 26 heavy (non-hydrogen) atoms. The number of hydrogen-bond acceptors (Lipinski definition) is 5. The summed E-state index contributed by atoms with van der Waals surface area (Å²) in [5.41, 5.74) is -1.09. The van der Waals surface area contributed by atoms with Crippen LogP contribution >= 0.6 is 0 Å². The molecule has 1 saturated heterocycles. The van der Waals surface area contributed by atoms with Crippen LogP contribution in [0.15, 0.2) is 18.2 Å². The van der Waals surface area contributed by atoms with Crippen LogP contribution in [0.4, 0.5) is 5.69 Å². The van der Waals surface area contributed by atoms with E-state index < -0.39 is 22.1 Å². The summed E-state index contributed by atoms with van der Waals surface area (Å²) in [6.45, 7) is 4.72. The van der Waals surface area contributed by atoms with Crippen LogP contribution in [-0.4, -0.2) is 45.5 Å².